The van der Waals surface area contributed by atoms with Crippen LogP contribution >= 0.6 is 12.2 Å². The number of sulfonamides is 1. The van der Waals surface area contributed by atoms with Crippen LogP contribution in [0.2, 0.25) is 0 Å². The molecule has 0 aliphatic rings. The average Bonchev–Trinajstić information content (AvgIpc) is 2.60. The monoisotopic (exact) mass is 307 g/mol. The first kappa shape index (κ1) is 16.3. The third-order valence-corrected chi connectivity index (χ3v) is 4.34. The van der Waals surface area contributed by atoms with Crippen LogP contribution in [0.25, 0.3) is 0 Å². The summed E-state index contributed by atoms with van der Waals surface area (Å²) in [5.74, 6) is 0.150. The van der Waals surface area contributed by atoms with Gasteiger partial charge in [-0.05, 0) is 45.8 Å². The molecule has 9 heteroatoms. The van der Waals surface area contributed by atoms with E-state index in [0.29, 0.717) is 17.7 Å². The SMILES string of the molecule is CC(C)(C)NS(=O)(=O)CCCCCn1[nH]nnc1=S. The van der Waals surface area contributed by atoms with Crippen molar-refractivity contribution in [3.63, 3.8) is 0 Å². The Hall–Kier alpha value is -0.800. The van der Waals surface area contributed by atoms with Gasteiger partial charge in [-0.3, -0.25) is 0 Å². The predicted octanol–water partition coefficient (Wildman–Crippen LogP) is 1.22. The van der Waals surface area contributed by atoms with Crippen molar-refractivity contribution in [2.45, 2.75) is 52.1 Å². The number of hydrogen-bond acceptors (Lipinski definition) is 5. The van der Waals surface area contributed by atoms with E-state index in [-0.39, 0.29) is 5.75 Å². The van der Waals surface area contributed by atoms with Crippen molar-refractivity contribution in [3.05, 3.63) is 4.77 Å². The fraction of sp³-hybridized carbons (Fsp3) is 0.900. The summed E-state index contributed by atoms with van der Waals surface area (Å²) in [5, 5.41) is 9.90. The predicted molar refractivity (Wildman–Crippen MR) is 75.7 cm³/mol. The summed E-state index contributed by atoms with van der Waals surface area (Å²) in [6, 6.07) is 0. The van der Waals surface area contributed by atoms with Crippen molar-refractivity contribution in [2.24, 2.45) is 0 Å². The number of H-pyrrole nitrogens is 1. The van der Waals surface area contributed by atoms with Crippen LogP contribution in [-0.4, -0.2) is 39.9 Å². The van der Waals surface area contributed by atoms with E-state index in [2.05, 4.69) is 20.2 Å². The fourth-order valence-corrected chi connectivity index (χ4v) is 3.41. The minimum absolute atomic E-state index is 0.150. The van der Waals surface area contributed by atoms with Crippen LogP contribution in [-0.2, 0) is 16.6 Å². The van der Waals surface area contributed by atoms with Crippen LogP contribution < -0.4 is 4.72 Å². The first-order chi connectivity index (χ1) is 8.70. The van der Waals surface area contributed by atoms with Gasteiger partial charge in [0.05, 0.1) is 5.75 Å². The summed E-state index contributed by atoms with van der Waals surface area (Å²) in [4.78, 5) is 0. The molecule has 2 N–H and O–H groups in total. The molecule has 7 nitrogen and oxygen atoms in total. The zero-order chi connectivity index (χ0) is 14.5. The standard InChI is InChI=1S/C10H21N5O2S2/c1-10(2,3)12-19(16,17)8-6-4-5-7-15-9(18)11-13-14-15/h12H,4-8H2,1-3H3,(H,11,14,18). The maximum Gasteiger partial charge on any atom is 0.238 e. The second kappa shape index (κ2) is 6.58. The molecule has 19 heavy (non-hydrogen) atoms. The highest BCUT2D eigenvalue weighted by Gasteiger charge is 2.19. The van der Waals surface area contributed by atoms with Gasteiger partial charge in [0, 0.05) is 12.1 Å². The molecule has 0 aliphatic heterocycles. The molecule has 1 aromatic rings. The highest BCUT2D eigenvalue weighted by atomic mass is 32.2. The maximum atomic E-state index is 11.7. The number of nitrogens with one attached hydrogen (secondary N) is 2. The molecule has 0 saturated heterocycles. The van der Waals surface area contributed by atoms with E-state index in [9.17, 15) is 8.42 Å². The number of aromatic amines is 1. The molecule has 0 spiro atoms. The molecule has 1 rings (SSSR count). The Kier molecular flexibility index (Phi) is 5.63. The van der Waals surface area contributed by atoms with E-state index in [1.807, 2.05) is 20.8 Å². The van der Waals surface area contributed by atoms with Gasteiger partial charge in [0.25, 0.3) is 0 Å². The van der Waals surface area contributed by atoms with Gasteiger partial charge in [-0.1, -0.05) is 16.7 Å². The van der Waals surface area contributed by atoms with E-state index >= 15 is 0 Å². The van der Waals surface area contributed by atoms with Gasteiger partial charge in [0.15, 0.2) is 0 Å². The Morgan fingerprint density at radius 3 is 2.53 bits per heavy atom. The Balaban J connectivity index is 2.24. The minimum atomic E-state index is -3.19. The average molecular weight is 307 g/mol. The van der Waals surface area contributed by atoms with Gasteiger partial charge >= 0.3 is 0 Å². The number of unbranched alkanes of at least 4 members (excludes halogenated alkanes) is 2. The molecule has 1 aromatic heterocycles. The zero-order valence-electron chi connectivity index (χ0n) is 11.5. The normalized spacial score (nSPS) is 12.8. The summed E-state index contributed by atoms with van der Waals surface area (Å²) in [6.45, 7) is 6.17. The Bertz CT molecular complexity index is 541. The molecule has 0 aliphatic carbocycles. The molecule has 0 fully saturated rings. The Labute approximate surface area is 118 Å². The van der Waals surface area contributed by atoms with Crippen molar-refractivity contribution >= 4 is 22.2 Å². The van der Waals surface area contributed by atoms with E-state index < -0.39 is 15.6 Å². The van der Waals surface area contributed by atoms with Crippen molar-refractivity contribution in [1.29, 1.82) is 0 Å². The van der Waals surface area contributed by atoms with Gasteiger partial charge in [0.2, 0.25) is 14.8 Å². The van der Waals surface area contributed by atoms with Gasteiger partial charge in [-0.15, -0.1) is 0 Å². The van der Waals surface area contributed by atoms with Gasteiger partial charge < -0.3 is 0 Å². The zero-order valence-corrected chi connectivity index (χ0v) is 13.1. The molecule has 0 saturated carbocycles. The summed E-state index contributed by atoms with van der Waals surface area (Å²) in [6.07, 6.45) is 2.27. The largest absolute Gasteiger partial charge is 0.242 e. The third-order valence-electron chi connectivity index (χ3n) is 2.29. The Morgan fingerprint density at radius 2 is 2.00 bits per heavy atom. The van der Waals surface area contributed by atoms with Crippen LogP contribution in [0.1, 0.15) is 40.0 Å². The van der Waals surface area contributed by atoms with Crippen molar-refractivity contribution in [1.82, 2.24) is 24.9 Å². The molecule has 0 amide bonds. The smallest absolute Gasteiger partial charge is 0.238 e. The second-order valence-corrected chi connectivity index (χ2v) is 7.67. The molecule has 0 aromatic carbocycles. The lowest BCUT2D eigenvalue weighted by Gasteiger charge is -2.20. The quantitative estimate of drug-likeness (QED) is 0.584. The highest BCUT2D eigenvalue weighted by molar-refractivity contribution is 7.89. The van der Waals surface area contributed by atoms with Gasteiger partial charge in [-0.25, -0.2) is 17.8 Å². The number of rotatable bonds is 7. The summed E-state index contributed by atoms with van der Waals surface area (Å²) in [7, 11) is -3.19. The summed E-state index contributed by atoms with van der Waals surface area (Å²) >= 11 is 4.93. The lowest BCUT2D eigenvalue weighted by atomic mass is 10.1. The number of nitrogens with zero attached hydrogens (tertiary/aromatic N) is 3. The van der Waals surface area contributed by atoms with E-state index in [4.69, 9.17) is 12.2 Å². The maximum absolute atomic E-state index is 11.7. The second-order valence-electron chi connectivity index (χ2n) is 5.47. The van der Waals surface area contributed by atoms with Crippen LogP contribution in [0.4, 0.5) is 0 Å². The molecule has 0 bridgehead atoms. The summed E-state index contributed by atoms with van der Waals surface area (Å²) in [5.41, 5.74) is -0.423. The molecular weight excluding hydrogens is 286 g/mol. The Morgan fingerprint density at radius 1 is 1.32 bits per heavy atom. The molecule has 110 valence electrons. The molecule has 0 atom stereocenters. The van der Waals surface area contributed by atoms with E-state index in [1.165, 1.54) is 0 Å². The number of tetrazole rings is 1. The summed E-state index contributed by atoms with van der Waals surface area (Å²) < 4.78 is 28.2. The molecule has 0 unspecified atom stereocenters. The van der Waals surface area contributed by atoms with Crippen LogP contribution in [0.15, 0.2) is 0 Å². The third kappa shape index (κ3) is 6.79. The lowest BCUT2D eigenvalue weighted by Crippen LogP contribution is -2.41. The molecular formula is C10H21N5O2S2. The van der Waals surface area contributed by atoms with Crippen molar-refractivity contribution < 1.29 is 8.42 Å². The number of aryl methyl sites for hydroxylation is 1. The molecule has 0 radical (unpaired) electrons. The highest BCUT2D eigenvalue weighted by Crippen LogP contribution is 2.05. The van der Waals surface area contributed by atoms with E-state index in [1.54, 1.807) is 4.68 Å². The van der Waals surface area contributed by atoms with Gasteiger partial charge in [-0.2, -0.15) is 5.21 Å². The van der Waals surface area contributed by atoms with Crippen LogP contribution in [0, 0.1) is 4.77 Å². The fourth-order valence-electron chi connectivity index (χ4n) is 1.62. The minimum Gasteiger partial charge on any atom is -0.242 e. The van der Waals surface area contributed by atoms with Crippen molar-refractivity contribution in [2.75, 3.05) is 5.75 Å². The number of aromatic nitrogens is 4. The topological polar surface area (TPSA) is 92.7 Å². The first-order valence-corrected chi connectivity index (χ1v) is 8.25. The molecule has 1 heterocycles. The first-order valence-electron chi connectivity index (χ1n) is 6.19. The van der Waals surface area contributed by atoms with Crippen LogP contribution in [0.3, 0.4) is 0 Å². The van der Waals surface area contributed by atoms with E-state index in [0.717, 1.165) is 12.8 Å². The van der Waals surface area contributed by atoms with Gasteiger partial charge in [0.1, 0.15) is 0 Å². The van der Waals surface area contributed by atoms with Crippen molar-refractivity contribution in [3.8, 4) is 0 Å². The van der Waals surface area contributed by atoms with Crippen LogP contribution in [0.5, 0.6) is 0 Å². The number of hydrogen-bond donors (Lipinski definition) is 2. The lowest BCUT2D eigenvalue weighted by molar-refractivity contribution is 0.487.